The molecule has 2 aromatic rings. The molecule has 0 saturated heterocycles. The minimum absolute atomic E-state index is 0.0332. The molecule has 21 heavy (non-hydrogen) atoms. The summed E-state index contributed by atoms with van der Waals surface area (Å²) in [4.78, 5) is 12.5. The topological polar surface area (TPSA) is 55.1 Å². The fourth-order valence-corrected chi connectivity index (χ4v) is 2.63. The second-order valence-corrected chi connectivity index (χ2v) is 5.66. The molecule has 0 radical (unpaired) electrons. The fourth-order valence-electron chi connectivity index (χ4n) is 2.42. The summed E-state index contributed by atoms with van der Waals surface area (Å²) in [6.07, 6.45) is 1.46. The predicted molar refractivity (Wildman–Crippen MR) is 81.8 cm³/mol. The van der Waals surface area contributed by atoms with Crippen molar-refractivity contribution in [3.63, 3.8) is 0 Å². The van der Waals surface area contributed by atoms with Gasteiger partial charge in [0.25, 0.3) is 0 Å². The third-order valence-electron chi connectivity index (χ3n) is 3.85. The maximum Gasteiger partial charge on any atom is 0.235 e. The Labute approximate surface area is 126 Å². The molecule has 1 fully saturated rings. The summed E-state index contributed by atoms with van der Waals surface area (Å²) >= 11 is 5.94. The highest BCUT2D eigenvalue weighted by Crippen LogP contribution is 2.49. The first-order chi connectivity index (χ1) is 10.0. The molecule has 1 aliphatic rings. The van der Waals surface area contributed by atoms with Gasteiger partial charge in [0.15, 0.2) is 0 Å². The number of benzene rings is 2. The van der Waals surface area contributed by atoms with Crippen LogP contribution in [0.25, 0.3) is 0 Å². The van der Waals surface area contributed by atoms with Gasteiger partial charge in [0.2, 0.25) is 5.91 Å². The van der Waals surface area contributed by atoms with E-state index >= 15 is 0 Å². The Morgan fingerprint density at radius 3 is 2.43 bits per heavy atom. The molecule has 3 N–H and O–H groups in total. The molecule has 0 atom stereocenters. The third-order valence-corrected chi connectivity index (χ3v) is 4.16. The quantitative estimate of drug-likeness (QED) is 0.849. The highest BCUT2D eigenvalue weighted by Gasteiger charge is 2.51. The largest absolute Gasteiger partial charge is 0.399 e. The van der Waals surface area contributed by atoms with Crippen molar-refractivity contribution >= 4 is 28.9 Å². The summed E-state index contributed by atoms with van der Waals surface area (Å²) < 4.78 is 13.8. The number of nitrogens with two attached hydrogens (primary N) is 1. The van der Waals surface area contributed by atoms with E-state index in [1.165, 1.54) is 12.1 Å². The summed E-state index contributed by atoms with van der Waals surface area (Å²) in [5.41, 5.74) is 6.63. The number of nitrogen functional groups attached to an aromatic ring is 1. The van der Waals surface area contributed by atoms with Crippen molar-refractivity contribution in [2.24, 2.45) is 0 Å². The lowest BCUT2D eigenvalue weighted by molar-refractivity contribution is -0.118. The first kappa shape index (κ1) is 13.9. The summed E-state index contributed by atoms with van der Waals surface area (Å²) in [6, 6.07) is 11.5. The van der Waals surface area contributed by atoms with Crippen LogP contribution in [0.5, 0.6) is 0 Å². The number of carbonyl (C=O) groups is 1. The molecule has 0 aliphatic heterocycles. The minimum Gasteiger partial charge on any atom is -0.399 e. The minimum atomic E-state index is -0.598. The zero-order valence-electron chi connectivity index (χ0n) is 11.2. The van der Waals surface area contributed by atoms with Crippen LogP contribution in [0.1, 0.15) is 18.4 Å². The van der Waals surface area contributed by atoms with Crippen molar-refractivity contribution in [1.29, 1.82) is 0 Å². The van der Waals surface area contributed by atoms with Crippen LogP contribution in [0, 0.1) is 5.82 Å². The number of carbonyl (C=O) groups excluding carboxylic acids is 1. The number of nitrogens with one attached hydrogen (secondary N) is 1. The molecule has 0 unspecified atom stereocenters. The van der Waals surface area contributed by atoms with E-state index in [0.717, 1.165) is 18.4 Å². The van der Waals surface area contributed by atoms with Crippen LogP contribution in [0.2, 0.25) is 5.02 Å². The number of hydrogen-bond acceptors (Lipinski definition) is 2. The van der Waals surface area contributed by atoms with Crippen molar-refractivity contribution in [3.8, 4) is 0 Å². The van der Waals surface area contributed by atoms with Gasteiger partial charge in [0, 0.05) is 5.69 Å². The van der Waals surface area contributed by atoms with Gasteiger partial charge in [-0.15, -0.1) is 0 Å². The first-order valence-electron chi connectivity index (χ1n) is 6.64. The molecule has 3 nitrogen and oxygen atoms in total. The molecule has 1 saturated carbocycles. The molecule has 3 rings (SSSR count). The molecule has 0 spiro atoms. The number of para-hydroxylation sites is 1. The van der Waals surface area contributed by atoms with Crippen LogP contribution in [0.4, 0.5) is 15.8 Å². The molecule has 108 valence electrons. The lowest BCUT2D eigenvalue weighted by atomic mass is 9.94. The van der Waals surface area contributed by atoms with Gasteiger partial charge in [-0.25, -0.2) is 4.39 Å². The highest BCUT2D eigenvalue weighted by atomic mass is 35.5. The standard InChI is InChI=1S/C16H14ClFN2O/c17-12-2-1-3-13(18)14(12)20-15(21)16(8-9-16)10-4-6-11(19)7-5-10/h1-7H,8-9,19H2,(H,20,21). The Hall–Kier alpha value is -2.07. The van der Waals surface area contributed by atoms with Crippen LogP contribution in [0.3, 0.4) is 0 Å². The highest BCUT2D eigenvalue weighted by molar-refractivity contribution is 6.33. The van der Waals surface area contributed by atoms with E-state index < -0.39 is 11.2 Å². The van der Waals surface area contributed by atoms with Gasteiger partial charge >= 0.3 is 0 Å². The van der Waals surface area contributed by atoms with Gasteiger partial charge < -0.3 is 11.1 Å². The average Bonchev–Trinajstić information content (AvgIpc) is 3.25. The van der Waals surface area contributed by atoms with Crippen molar-refractivity contribution in [2.75, 3.05) is 11.1 Å². The normalized spacial score (nSPS) is 15.5. The SMILES string of the molecule is Nc1ccc(C2(C(=O)Nc3c(F)cccc3Cl)CC2)cc1. The maximum atomic E-state index is 13.8. The van der Waals surface area contributed by atoms with Crippen LogP contribution in [0.15, 0.2) is 42.5 Å². The zero-order chi connectivity index (χ0) is 15.0. The van der Waals surface area contributed by atoms with E-state index in [-0.39, 0.29) is 16.6 Å². The second-order valence-electron chi connectivity index (χ2n) is 5.25. The first-order valence-corrected chi connectivity index (χ1v) is 7.02. The number of anilines is 2. The van der Waals surface area contributed by atoms with E-state index in [0.29, 0.717) is 5.69 Å². The van der Waals surface area contributed by atoms with Gasteiger partial charge in [-0.3, -0.25) is 4.79 Å². The number of amides is 1. The summed E-state index contributed by atoms with van der Waals surface area (Å²) in [7, 11) is 0. The Kier molecular flexibility index (Phi) is 3.33. The third kappa shape index (κ3) is 2.47. The smallest absolute Gasteiger partial charge is 0.235 e. The Bertz CT molecular complexity index is 676. The molecular weight excluding hydrogens is 291 g/mol. The lowest BCUT2D eigenvalue weighted by Crippen LogP contribution is -2.28. The van der Waals surface area contributed by atoms with E-state index in [2.05, 4.69) is 5.32 Å². The molecule has 0 aromatic heterocycles. The van der Waals surface area contributed by atoms with Gasteiger partial charge in [0.1, 0.15) is 5.82 Å². The van der Waals surface area contributed by atoms with Crippen LogP contribution < -0.4 is 11.1 Å². The summed E-state index contributed by atoms with van der Waals surface area (Å²) in [6.45, 7) is 0. The van der Waals surface area contributed by atoms with Crippen molar-refractivity contribution < 1.29 is 9.18 Å². The second kappa shape index (κ2) is 5.04. The molecule has 2 aromatic carbocycles. The van der Waals surface area contributed by atoms with Crippen molar-refractivity contribution in [3.05, 3.63) is 58.9 Å². The number of hydrogen-bond donors (Lipinski definition) is 2. The molecule has 1 aliphatic carbocycles. The van der Waals surface area contributed by atoms with Gasteiger partial charge in [-0.2, -0.15) is 0 Å². The maximum absolute atomic E-state index is 13.8. The Balaban J connectivity index is 1.87. The van der Waals surface area contributed by atoms with Gasteiger partial charge in [-0.1, -0.05) is 29.8 Å². The van der Waals surface area contributed by atoms with Crippen LogP contribution in [-0.2, 0) is 10.2 Å². The number of halogens is 2. The summed E-state index contributed by atoms with van der Waals surface area (Å²) in [5.74, 6) is -0.775. The molecular formula is C16H14ClFN2O. The Morgan fingerprint density at radius 1 is 1.19 bits per heavy atom. The van der Waals surface area contributed by atoms with Crippen LogP contribution >= 0.6 is 11.6 Å². The molecule has 5 heteroatoms. The van der Waals surface area contributed by atoms with E-state index in [1.54, 1.807) is 18.2 Å². The van der Waals surface area contributed by atoms with Gasteiger partial charge in [-0.05, 0) is 42.7 Å². The zero-order valence-corrected chi connectivity index (χ0v) is 12.0. The van der Waals surface area contributed by atoms with E-state index in [9.17, 15) is 9.18 Å². The fraction of sp³-hybridized carbons (Fsp3) is 0.188. The lowest BCUT2D eigenvalue weighted by Gasteiger charge is -2.17. The van der Waals surface area contributed by atoms with E-state index in [4.69, 9.17) is 17.3 Å². The van der Waals surface area contributed by atoms with Crippen molar-refractivity contribution in [2.45, 2.75) is 18.3 Å². The predicted octanol–water partition coefficient (Wildman–Crippen LogP) is 3.73. The Morgan fingerprint density at radius 2 is 1.86 bits per heavy atom. The van der Waals surface area contributed by atoms with Gasteiger partial charge in [0.05, 0.1) is 16.1 Å². The van der Waals surface area contributed by atoms with Crippen LogP contribution in [-0.4, -0.2) is 5.91 Å². The van der Waals surface area contributed by atoms with E-state index in [1.807, 2.05) is 12.1 Å². The molecule has 1 amide bonds. The summed E-state index contributed by atoms with van der Waals surface area (Å²) in [5, 5.41) is 2.81. The monoisotopic (exact) mass is 304 g/mol. The molecule has 0 heterocycles. The number of rotatable bonds is 3. The average molecular weight is 305 g/mol. The van der Waals surface area contributed by atoms with Crippen molar-refractivity contribution in [1.82, 2.24) is 0 Å². The molecule has 0 bridgehead atoms.